The molecule has 0 unspecified atom stereocenters. The second-order valence-corrected chi connectivity index (χ2v) is 7.15. The maximum atomic E-state index is 3.43. The van der Waals surface area contributed by atoms with Crippen molar-refractivity contribution < 1.29 is 17.0 Å². The van der Waals surface area contributed by atoms with Gasteiger partial charge in [-0.2, -0.15) is 35.5 Å². The minimum Gasteiger partial charge on any atom is -1.00 e. The zero-order valence-corrected chi connectivity index (χ0v) is 16.5. The van der Waals surface area contributed by atoms with Crippen LogP contribution < -0.4 is 17.0 Å². The fourth-order valence-electron chi connectivity index (χ4n) is 1.64. The number of benzene rings is 1. The summed E-state index contributed by atoms with van der Waals surface area (Å²) < 4.78 is 0. The number of hydrogen-bond donors (Lipinski definition) is 0. The molecule has 1 aromatic rings. The zero-order chi connectivity index (χ0) is 12.6. The molecule has 3 heteroatoms. The molecule has 0 fully saturated rings. The first-order valence-corrected chi connectivity index (χ1v) is 6.99. The van der Waals surface area contributed by atoms with Crippen LogP contribution in [0.2, 0.25) is 0 Å². The van der Waals surface area contributed by atoms with Gasteiger partial charge >= 0.3 is 23.1 Å². The first-order chi connectivity index (χ1) is 7.16. The summed E-state index contributed by atoms with van der Waals surface area (Å²) in [4.78, 5) is 1.28. The minimum atomic E-state index is 0. The Labute approximate surface area is 144 Å². The van der Waals surface area contributed by atoms with Gasteiger partial charge in [0.05, 0.1) is 0 Å². The van der Waals surface area contributed by atoms with Gasteiger partial charge < -0.3 is 17.0 Å². The molecule has 0 spiro atoms. The van der Waals surface area contributed by atoms with E-state index < -0.39 is 0 Å². The third-order valence-electron chi connectivity index (χ3n) is 2.78. The number of halogens is 1. The fraction of sp³-hybridized carbons (Fsp3) is 0.600. The summed E-state index contributed by atoms with van der Waals surface area (Å²) in [6, 6.07) is 7.92. The molecule has 0 aromatic heterocycles. The van der Waals surface area contributed by atoms with Crippen LogP contribution in [-0.2, 0) is 10.8 Å². The Bertz CT molecular complexity index is 375. The molecule has 0 nitrogen and oxygen atoms in total. The van der Waals surface area contributed by atoms with Crippen LogP contribution >= 0.6 is 11.8 Å². The first kappa shape index (κ1) is 21.1. The van der Waals surface area contributed by atoms with Crippen LogP contribution in [0.5, 0.6) is 0 Å². The van der Waals surface area contributed by atoms with Crippen LogP contribution in [0.4, 0.5) is 0 Å². The van der Waals surface area contributed by atoms with Crippen LogP contribution in [0.15, 0.2) is 17.0 Å². The molecule has 0 radical (unpaired) electrons. The first-order valence-electron chi connectivity index (χ1n) is 5.77. The smallest absolute Gasteiger partial charge is 1.00 e. The van der Waals surface area contributed by atoms with Gasteiger partial charge in [0, 0.05) is 0 Å². The van der Waals surface area contributed by atoms with Crippen LogP contribution in [-0.4, -0.2) is 29.3 Å². The third-order valence-corrected chi connectivity index (χ3v) is 3.53. The van der Waals surface area contributed by atoms with Crippen molar-refractivity contribution in [3.8, 4) is 0 Å². The van der Waals surface area contributed by atoms with E-state index in [1.165, 1.54) is 16.0 Å². The van der Waals surface area contributed by atoms with Crippen molar-refractivity contribution in [2.45, 2.75) is 57.3 Å². The summed E-state index contributed by atoms with van der Waals surface area (Å²) in [6.07, 6.45) is 2.12. The van der Waals surface area contributed by atoms with Gasteiger partial charge in [-0.05, 0) is 6.26 Å². The average Bonchev–Trinajstić information content (AvgIpc) is 2.14. The van der Waals surface area contributed by atoms with Crippen molar-refractivity contribution in [2.75, 3.05) is 6.26 Å². The molecule has 0 aliphatic rings. The molecule has 0 saturated heterocycles. The molecule has 0 aliphatic carbocycles. The summed E-state index contributed by atoms with van der Waals surface area (Å²) in [6.45, 7) is 13.6. The molecule has 0 heterocycles. The van der Waals surface area contributed by atoms with E-state index in [1.807, 2.05) is 0 Å². The van der Waals surface area contributed by atoms with Gasteiger partial charge in [-0.15, -0.1) is 10.5 Å². The minimum absolute atomic E-state index is 0. The summed E-state index contributed by atoms with van der Waals surface area (Å²) in [7, 11) is 0. The van der Waals surface area contributed by atoms with E-state index in [0.29, 0.717) is 0 Å². The van der Waals surface area contributed by atoms with Gasteiger partial charge in [0.25, 0.3) is 0 Å². The Morgan fingerprint density at radius 3 is 1.83 bits per heavy atom. The number of hydrogen-bond acceptors (Lipinski definition) is 1. The molecule has 18 heavy (non-hydrogen) atoms. The van der Waals surface area contributed by atoms with Crippen molar-refractivity contribution in [3.63, 3.8) is 0 Å². The SMILES string of the molecule is CSc1[c-]cc(C(C)(C)C)cc1C(C)(C)C.[Br-].[Mg+2]. The van der Waals surface area contributed by atoms with Gasteiger partial charge in [-0.25, -0.2) is 0 Å². The van der Waals surface area contributed by atoms with E-state index in [4.69, 9.17) is 0 Å². The van der Waals surface area contributed by atoms with E-state index in [2.05, 4.69) is 66.0 Å². The standard InChI is InChI=1S/C15H23S.BrH.Mg/c1-14(2,3)11-8-9-13(16-7)12(10-11)15(4,5)6;;/h8,10H,1-7H3;1H;/q-1;;+2/p-1. The summed E-state index contributed by atoms with van der Waals surface area (Å²) in [5.74, 6) is 0. The molecule has 1 aromatic carbocycles. The summed E-state index contributed by atoms with van der Waals surface area (Å²) >= 11 is 1.79. The van der Waals surface area contributed by atoms with E-state index in [-0.39, 0.29) is 50.9 Å². The Kier molecular flexibility index (Phi) is 8.87. The maximum absolute atomic E-state index is 3.43. The van der Waals surface area contributed by atoms with Gasteiger partial charge in [0.2, 0.25) is 0 Å². The van der Waals surface area contributed by atoms with Crippen molar-refractivity contribution in [2.24, 2.45) is 0 Å². The van der Waals surface area contributed by atoms with Crippen molar-refractivity contribution >= 4 is 34.8 Å². The molecule has 0 atom stereocenters. The second kappa shape index (κ2) is 7.56. The zero-order valence-electron chi connectivity index (χ0n) is 12.6. The molecule has 1 rings (SSSR count). The molecular formula is C15H23BrMgS. The van der Waals surface area contributed by atoms with E-state index >= 15 is 0 Å². The average molecular weight is 340 g/mol. The van der Waals surface area contributed by atoms with Crippen LogP contribution in [0.1, 0.15) is 52.7 Å². The Hall–Kier alpha value is 0.816. The second-order valence-electron chi connectivity index (χ2n) is 6.34. The molecule has 0 aliphatic heterocycles. The monoisotopic (exact) mass is 338 g/mol. The topological polar surface area (TPSA) is 0 Å². The third kappa shape index (κ3) is 5.44. The molecule has 0 amide bonds. The predicted molar refractivity (Wildman–Crippen MR) is 80.2 cm³/mol. The Morgan fingerprint density at radius 2 is 1.50 bits per heavy atom. The van der Waals surface area contributed by atoms with Crippen LogP contribution in [0, 0.1) is 6.07 Å². The van der Waals surface area contributed by atoms with E-state index in [9.17, 15) is 0 Å². The number of rotatable bonds is 1. The maximum Gasteiger partial charge on any atom is 2.00 e. The normalized spacial score (nSPS) is 11.5. The van der Waals surface area contributed by atoms with Crippen LogP contribution in [0.25, 0.3) is 0 Å². The van der Waals surface area contributed by atoms with Crippen molar-refractivity contribution in [3.05, 3.63) is 29.3 Å². The van der Waals surface area contributed by atoms with Crippen LogP contribution in [0.3, 0.4) is 0 Å². The van der Waals surface area contributed by atoms with Crippen molar-refractivity contribution in [1.29, 1.82) is 0 Å². The number of thioether (sulfide) groups is 1. The molecular weight excluding hydrogens is 316 g/mol. The Balaban J connectivity index is 0. The van der Waals surface area contributed by atoms with E-state index in [0.717, 1.165) is 0 Å². The molecule has 0 bridgehead atoms. The largest absolute Gasteiger partial charge is 2.00 e. The van der Waals surface area contributed by atoms with Gasteiger partial charge in [-0.3, -0.25) is 0 Å². The molecule has 98 valence electrons. The van der Waals surface area contributed by atoms with Gasteiger partial charge in [-0.1, -0.05) is 52.4 Å². The molecule has 0 saturated carbocycles. The van der Waals surface area contributed by atoms with E-state index in [1.54, 1.807) is 11.8 Å². The Morgan fingerprint density at radius 1 is 1.00 bits per heavy atom. The predicted octanol–water partition coefficient (Wildman–Crippen LogP) is 1.43. The fourth-order valence-corrected chi connectivity index (χ4v) is 2.40. The molecule has 0 N–H and O–H groups in total. The van der Waals surface area contributed by atoms with Gasteiger partial charge in [0.15, 0.2) is 0 Å². The quantitative estimate of drug-likeness (QED) is 0.424. The summed E-state index contributed by atoms with van der Waals surface area (Å²) in [5, 5.41) is 0. The van der Waals surface area contributed by atoms with Gasteiger partial charge in [0.1, 0.15) is 0 Å². The summed E-state index contributed by atoms with van der Waals surface area (Å²) in [5.41, 5.74) is 3.17. The van der Waals surface area contributed by atoms with Crippen molar-refractivity contribution in [1.82, 2.24) is 0 Å².